The van der Waals surface area contributed by atoms with Gasteiger partial charge in [-0.3, -0.25) is 9.36 Å². The lowest BCUT2D eigenvalue weighted by molar-refractivity contribution is 0.0517. The fraction of sp³-hybridized carbons (Fsp3) is 0.367. The highest BCUT2D eigenvalue weighted by Gasteiger charge is 2.14. The van der Waals surface area contributed by atoms with Crippen molar-refractivity contribution in [1.82, 2.24) is 19.6 Å². The fourth-order valence-electron chi connectivity index (χ4n) is 3.85. The Labute approximate surface area is 224 Å². The number of nitrogens with zero attached hydrogens (tertiary/aromatic N) is 4. The molecule has 3 heterocycles. The van der Waals surface area contributed by atoms with Crippen molar-refractivity contribution in [3.63, 3.8) is 0 Å². The van der Waals surface area contributed by atoms with Crippen molar-refractivity contribution in [2.45, 2.75) is 53.3 Å². The molecular formula is C30H38N4O4. The molecule has 202 valence electrons. The van der Waals surface area contributed by atoms with Crippen molar-refractivity contribution >= 4 is 5.97 Å². The van der Waals surface area contributed by atoms with Gasteiger partial charge < -0.3 is 14.6 Å². The first-order valence-corrected chi connectivity index (χ1v) is 13.0. The minimum Gasteiger partial charge on any atom is -0.461 e. The molecule has 0 saturated carbocycles. The molecule has 0 spiro atoms. The number of aryl methyl sites for hydroxylation is 2. The summed E-state index contributed by atoms with van der Waals surface area (Å²) in [5.74, 6) is -0.359. The lowest BCUT2D eigenvalue weighted by atomic mass is 10.2. The van der Waals surface area contributed by atoms with Crippen molar-refractivity contribution in [3.8, 4) is 0 Å². The quantitative estimate of drug-likeness (QED) is 0.348. The predicted octanol–water partition coefficient (Wildman–Crippen LogP) is 4.95. The number of hydrogen-bond acceptors (Lipinski definition) is 6. The van der Waals surface area contributed by atoms with E-state index in [9.17, 15) is 4.79 Å². The summed E-state index contributed by atoms with van der Waals surface area (Å²) in [6.07, 6.45) is 6.37. The van der Waals surface area contributed by atoms with Crippen molar-refractivity contribution in [1.29, 1.82) is 0 Å². The molecule has 1 fully saturated rings. The van der Waals surface area contributed by atoms with Gasteiger partial charge in [-0.25, -0.2) is 4.79 Å². The van der Waals surface area contributed by atoms with Crippen LogP contribution in [0.3, 0.4) is 0 Å². The molecule has 0 bridgehead atoms. The molecular weight excluding hydrogens is 480 g/mol. The molecule has 1 aliphatic heterocycles. The standard InChI is InChI=1S/C14H16N2O2.C12H14N2O.C4H8O/c1-3-18-14(17)13-11(2)9-16(15-13)10-12-7-5-4-6-8-12;1-10-7-14(13-12(10)9-15)8-11-5-3-2-4-6-11;1-2-4-5-3-1/h4-9H,3,10H2,1-2H3;2-7,15H,8-9H2,1H3;1-4H2. The summed E-state index contributed by atoms with van der Waals surface area (Å²) >= 11 is 0. The van der Waals surface area contributed by atoms with Gasteiger partial charge in [-0.1, -0.05) is 60.7 Å². The lowest BCUT2D eigenvalue weighted by Crippen LogP contribution is -2.08. The number of ether oxygens (including phenoxy) is 2. The highest BCUT2D eigenvalue weighted by Crippen LogP contribution is 2.10. The second-order valence-corrected chi connectivity index (χ2v) is 8.98. The Hall–Kier alpha value is -3.75. The number of carbonyl (C=O) groups is 1. The van der Waals surface area contributed by atoms with Crippen LogP contribution in [0.25, 0.3) is 0 Å². The van der Waals surface area contributed by atoms with Gasteiger partial charge in [0.15, 0.2) is 5.69 Å². The molecule has 4 aromatic rings. The number of aromatic nitrogens is 4. The average molecular weight is 519 g/mol. The van der Waals surface area contributed by atoms with E-state index >= 15 is 0 Å². The van der Waals surface area contributed by atoms with Crippen LogP contribution < -0.4 is 0 Å². The van der Waals surface area contributed by atoms with Crippen LogP contribution in [0.15, 0.2) is 73.1 Å². The first-order chi connectivity index (χ1) is 18.5. The van der Waals surface area contributed by atoms with Gasteiger partial charge in [-0.2, -0.15) is 10.2 Å². The number of carbonyl (C=O) groups excluding carboxylic acids is 1. The number of benzene rings is 2. The zero-order valence-corrected chi connectivity index (χ0v) is 22.5. The van der Waals surface area contributed by atoms with Gasteiger partial charge in [0.05, 0.1) is 32.0 Å². The Kier molecular flexibility index (Phi) is 11.7. The van der Waals surface area contributed by atoms with E-state index in [4.69, 9.17) is 14.6 Å². The van der Waals surface area contributed by atoms with Crippen LogP contribution in [0.1, 0.15) is 58.2 Å². The van der Waals surface area contributed by atoms with E-state index in [0.29, 0.717) is 18.8 Å². The van der Waals surface area contributed by atoms with Gasteiger partial charge in [0.25, 0.3) is 0 Å². The minimum atomic E-state index is -0.359. The summed E-state index contributed by atoms with van der Waals surface area (Å²) in [7, 11) is 0. The molecule has 5 rings (SSSR count). The minimum absolute atomic E-state index is 0.00756. The van der Waals surface area contributed by atoms with Crippen LogP contribution in [0.5, 0.6) is 0 Å². The first kappa shape index (κ1) is 28.8. The van der Waals surface area contributed by atoms with E-state index in [1.165, 1.54) is 18.4 Å². The molecule has 2 aromatic carbocycles. The second-order valence-electron chi connectivity index (χ2n) is 8.98. The summed E-state index contributed by atoms with van der Waals surface area (Å²) in [5.41, 5.74) is 5.39. The second kappa shape index (κ2) is 15.5. The van der Waals surface area contributed by atoms with Gasteiger partial charge in [0.2, 0.25) is 0 Å². The molecule has 2 aromatic heterocycles. The molecule has 1 aliphatic rings. The van der Waals surface area contributed by atoms with Crippen LogP contribution in [0.2, 0.25) is 0 Å². The number of aliphatic hydroxyl groups is 1. The third kappa shape index (κ3) is 9.28. The summed E-state index contributed by atoms with van der Waals surface area (Å²) in [6.45, 7) is 9.38. The van der Waals surface area contributed by atoms with Crippen molar-refractivity contribution in [2.24, 2.45) is 0 Å². The van der Waals surface area contributed by atoms with Crippen molar-refractivity contribution < 1.29 is 19.4 Å². The monoisotopic (exact) mass is 518 g/mol. The van der Waals surface area contributed by atoms with E-state index in [1.54, 1.807) is 11.6 Å². The molecule has 1 N–H and O–H groups in total. The molecule has 8 nitrogen and oxygen atoms in total. The van der Waals surface area contributed by atoms with Crippen molar-refractivity contribution in [2.75, 3.05) is 19.8 Å². The molecule has 38 heavy (non-hydrogen) atoms. The van der Waals surface area contributed by atoms with Crippen LogP contribution in [0.4, 0.5) is 0 Å². The van der Waals surface area contributed by atoms with Crippen LogP contribution in [-0.2, 0) is 29.2 Å². The van der Waals surface area contributed by atoms with E-state index in [1.807, 2.05) is 79.5 Å². The first-order valence-electron chi connectivity index (χ1n) is 13.0. The van der Waals surface area contributed by atoms with Crippen LogP contribution in [-0.4, -0.2) is 50.5 Å². The Morgan fingerprint density at radius 1 is 0.868 bits per heavy atom. The Balaban J connectivity index is 0.000000180. The maximum absolute atomic E-state index is 11.6. The molecule has 8 heteroatoms. The predicted molar refractivity (Wildman–Crippen MR) is 147 cm³/mol. The Bertz CT molecular complexity index is 1220. The van der Waals surface area contributed by atoms with E-state index in [0.717, 1.165) is 42.1 Å². The highest BCUT2D eigenvalue weighted by atomic mass is 16.5. The topological polar surface area (TPSA) is 91.4 Å². The number of aliphatic hydroxyl groups excluding tert-OH is 1. The summed E-state index contributed by atoms with van der Waals surface area (Å²) in [5, 5.41) is 17.6. The fourth-order valence-corrected chi connectivity index (χ4v) is 3.85. The third-order valence-corrected chi connectivity index (χ3v) is 5.81. The molecule has 1 saturated heterocycles. The molecule has 0 aliphatic carbocycles. The summed E-state index contributed by atoms with van der Waals surface area (Å²) in [6, 6.07) is 20.2. The average Bonchev–Trinajstić information content (AvgIpc) is 3.69. The van der Waals surface area contributed by atoms with Crippen LogP contribution >= 0.6 is 0 Å². The van der Waals surface area contributed by atoms with E-state index in [2.05, 4.69) is 22.3 Å². The zero-order valence-electron chi connectivity index (χ0n) is 22.5. The van der Waals surface area contributed by atoms with Gasteiger partial charge >= 0.3 is 5.97 Å². The van der Waals surface area contributed by atoms with Crippen LogP contribution in [0, 0.1) is 13.8 Å². The molecule has 0 radical (unpaired) electrons. The lowest BCUT2D eigenvalue weighted by Gasteiger charge is -2.01. The number of esters is 1. The SMILES string of the molecule is C1CCOC1.CCOC(=O)c1nn(Cc2ccccc2)cc1C.Cc1cn(Cc2ccccc2)nc1CO. The highest BCUT2D eigenvalue weighted by molar-refractivity contribution is 5.88. The zero-order chi connectivity index (χ0) is 27.2. The molecule has 0 amide bonds. The van der Waals surface area contributed by atoms with Gasteiger partial charge in [-0.05, 0) is 50.3 Å². The Morgan fingerprint density at radius 3 is 1.84 bits per heavy atom. The Morgan fingerprint density at radius 2 is 1.39 bits per heavy atom. The summed E-state index contributed by atoms with van der Waals surface area (Å²) < 4.78 is 13.5. The number of hydrogen-bond donors (Lipinski definition) is 1. The van der Waals surface area contributed by atoms with Gasteiger partial charge in [-0.15, -0.1) is 0 Å². The van der Waals surface area contributed by atoms with Gasteiger partial charge in [0.1, 0.15) is 0 Å². The molecule has 0 unspecified atom stereocenters. The maximum Gasteiger partial charge on any atom is 0.359 e. The normalized spacial score (nSPS) is 12.2. The van der Waals surface area contributed by atoms with E-state index < -0.39 is 0 Å². The summed E-state index contributed by atoms with van der Waals surface area (Å²) in [4.78, 5) is 11.6. The molecule has 0 atom stereocenters. The maximum atomic E-state index is 11.6. The third-order valence-electron chi connectivity index (χ3n) is 5.81. The smallest absolute Gasteiger partial charge is 0.359 e. The largest absolute Gasteiger partial charge is 0.461 e. The number of rotatable bonds is 7. The van der Waals surface area contributed by atoms with E-state index in [-0.39, 0.29) is 12.6 Å². The van der Waals surface area contributed by atoms with Crippen molar-refractivity contribution in [3.05, 3.63) is 107 Å². The van der Waals surface area contributed by atoms with Gasteiger partial charge in [0, 0.05) is 31.2 Å².